The Labute approximate surface area is 153 Å². The summed E-state index contributed by atoms with van der Waals surface area (Å²) in [4.78, 5) is 30.2. The molecule has 3 rings (SSSR count). The molecule has 2 aromatic heterocycles. The highest BCUT2D eigenvalue weighted by atomic mass is 16.2. The number of aryl methyl sites for hydroxylation is 2. The molecule has 3 heterocycles. The molecule has 138 valence electrons. The lowest BCUT2D eigenvalue weighted by Crippen LogP contribution is -2.34. The molecule has 1 aliphatic heterocycles. The van der Waals surface area contributed by atoms with Crippen molar-refractivity contribution in [3.05, 3.63) is 47.0 Å². The fourth-order valence-electron chi connectivity index (χ4n) is 3.48. The van der Waals surface area contributed by atoms with E-state index in [1.54, 1.807) is 10.9 Å². The second-order valence-corrected chi connectivity index (χ2v) is 6.82. The maximum absolute atomic E-state index is 12.9. The van der Waals surface area contributed by atoms with Gasteiger partial charge in [0.2, 0.25) is 11.8 Å². The van der Waals surface area contributed by atoms with Crippen molar-refractivity contribution >= 4 is 11.8 Å². The Morgan fingerprint density at radius 3 is 2.81 bits per heavy atom. The molecule has 0 saturated carbocycles. The Morgan fingerprint density at radius 2 is 2.12 bits per heavy atom. The largest absolute Gasteiger partial charge is 0.351 e. The summed E-state index contributed by atoms with van der Waals surface area (Å²) in [6.45, 7) is 6.80. The van der Waals surface area contributed by atoms with Crippen molar-refractivity contribution in [2.24, 2.45) is 0 Å². The lowest BCUT2D eigenvalue weighted by Gasteiger charge is -2.25. The zero-order valence-electron chi connectivity index (χ0n) is 15.5. The Kier molecular flexibility index (Phi) is 5.35. The van der Waals surface area contributed by atoms with Crippen molar-refractivity contribution < 1.29 is 9.59 Å². The first-order valence-electron chi connectivity index (χ1n) is 8.94. The van der Waals surface area contributed by atoms with Gasteiger partial charge in [0.15, 0.2) is 0 Å². The van der Waals surface area contributed by atoms with Crippen LogP contribution in [0.2, 0.25) is 0 Å². The third-order valence-electron chi connectivity index (χ3n) is 4.71. The molecule has 0 radical (unpaired) electrons. The molecule has 0 spiro atoms. The van der Waals surface area contributed by atoms with Gasteiger partial charge in [-0.15, -0.1) is 0 Å². The van der Waals surface area contributed by atoms with E-state index >= 15 is 0 Å². The summed E-state index contributed by atoms with van der Waals surface area (Å²) < 4.78 is 1.77. The minimum absolute atomic E-state index is 0.0542. The van der Waals surface area contributed by atoms with Crippen LogP contribution in [0, 0.1) is 13.8 Å². The van der Waals surface area contributed by atoms with Gasteiger partial charge in [0.25, 0.3) is 0 Å². The number of aromatic nitrogens is 3. The monoisotopic (exact) mass is 355 g/mol. The molecule has 1 fully saturated rings. The number of rotatable bonds is 5. The molecular formula is C19H25N5O2. The SMILES string of the molecule is CC(=O)NCc1cc([C@@H]2CCCN2C(=O)Cn2nc(C)cc2C)ccn1. The average Bonchev–Trinajstić information content (AvgIpc) is 3.20. The fourth-order valence-corrected chi connectivity index (χ4v) is 3.48. The number of nitrogens with zero attached hydrogens (tertiary/aromatic N) is 4. The van der Waals surface area contributed by atoms with E-state index < -0.39 is 0 Å². The fraction of sp³-hybridized carbons (Fsp3) is 0.474. The number of carbonyl (C=O) groups excluding carboxylic acids is 2. The van der Waals surface area contributed by atoms with Gasteiger partial charge in [-0.25, -0.2) is 0 Å². The quantitative estimate of drug-likeness (QED) is 0.888. The van der Waals surface area contributed by atoms with Crippen LogP contribution in [0.15, 0.2) is 24.4 Å². The van der Waals surface area contributed by atoms with Gasteiger partial charge in [0.1, 0.15) is 6.54 Å². The summed E-state index contributed by atoms with van der Waals surface area (Å²) >= 11 is 0. The molecule has 0 bridgehead atoms. The summed E-state index contributed by atoms with van der Waals surface area (Å²) in [7, 11) is 0. The first kappa shape index (κ1) is 18.1. The molecule has 0 aromatic carbocycles. The van der Waals surface area contributed by atoms with Crippen LogP contribution in [0.5, 0.6) is 0 Å². The standard InChI is InChI=1S/C19H25N5O2/c1-13-9-14(2)24(22-13)12-19(26)23-8-4-5-18(23)16-6-7-20-17(10-16)11-21-15(3)25/h6-7,9-10,18H,4-5,8,11-12H2,1-3H3,(H,21,25)/t18-/m0/s1. The van der Waals surface area contributed by atoms with Crippen LogP contribution in [0.3, 0.4) is 0 Å². The van der Waals surface area contributed by atoms with Gasteiger partial charge >= 0.3 is 0 Å². The number of pyridine rings is 1. The lowest BCUT2D eigenvalue weighted by molar-refractivity contribution is -0.133. The Hall–Kier alpha value is -2.70. The minimum atomic E-state index is -0.0836. The predicted octanol–water partition coefficient (Wildman–Crippen LogP) is 1.89. The van der Waals surface area contributed by atoms with Crippen LogP contribution in [0.1, 0.15) is 48.5 Å². The van der Waals surface area contributed by atoms with E-state index in [0.29, 0.717) is 6.54 Å². The smallest absolute Gasteiger partial charge is 0.244 e. The van der Waals surface area contributed by atoms with Crippen molar-refractivity contribution in [2.45, 2.75) is 52.7 Å². The zero-order valence-corrected chi connectivity index (χ0v) is 15.5. The van der Waals surface area contributed by atoms with Gasteiger partial charge in [-0.2, -0.15) is 5.10 Å². The Bertz CT molecular complexity index is 814. The van der Waals surface area contributed by atoms with Crippen molar-refractivity contribution in [3.8, 4) is 0 Å². The maximum atomic E-state index is 12.9. The second-order valence-electron chi connectivity index (χ2n) is 6.82. The number of hydrogen-bond donors (Lipinski definition) is 1. The van der Waals surface area contributed by atoms with E-state index in [9.17, 15) is 9.59 Å². The third-order valence-corrected chi connectivity index (χ3v) is 4.71. The van der Waals surface area contributed by atoms with Gasteiger partial charge in [-0.05, 0) is 50.5 Å². The molecule has 1 atom stereocenters. The average molecular weight is 355 g/mol. The minimum Gasteiger partial charge on any atom is -0.351 e. The highest BCUT2D eigenvalue weighted by Crippen LogP contribution is 2.32. The number of amides is 2. The van der Waals surface area contributed by atoms with Crippen molar-refractivity contribution in [1.82, 2.24) is 25.0 Å². The third kappa shape index (κ3) is 4.09. The van der Waals surface area contributed by atoms with Gasteiger partial charge < -0.3 is 10.2 Å². The highest BCUT2D eigenvalue weighted by Gasteiger charge is 2.30. The first-order chi connectivity index (χ1) is 12.4. The van der Waals surface area contributed by atoms with Gasteiger partial charge in [0, 0.05) is 25.4 Å². The summed E-state index contributed by atoms with van der Waals surface area (Å²) in [5.74, 6) is -0.00122. The summed E-state index contributed by atoms with van der Waals surface area (Å²) in [5, 5.41) is 7.15. The van der Waals surface area contributed by atoms with E-state index in [-0.39, 0.29) is 24.4 Å². The molecule has 1 saturated heterocycles. The lowest BCUT2D eigenvalue weighted by atomic mass is 10.0. The highest BCUT2D eigenvalue weighted by molar-refractivity contribution is 5.77. The Balaban J connectivity index is 1.73. The van der Waals surface area contributed by atoms with Gasteiger partial charge in [-0.3, -0.25) is 19.3 Å². The zero-order chi connectivity index (χ0) is 18.7. The topological polar surface area (TPSA) is 80.1 Å². The number of nitrogens with one attached hydrogen (secondary N) is 1. The summed E-state index contributed by atoms with van der Waals surface area (Å²) in [6, 6.07) is 5.97. The van der Waals surface area contributed by atoms with Gasteiger partial charge in [-0.1, -0.05) is 0 Å². The first-order valence-corrected chi connectivity index (χ1v) is 8.94. The van der Waals surface area contributed by atoms with E-state index in [2.05, 4.69) is 15.4 Å². The van der Waals surface area contributed by atoms with E-state index in [4.69, 9.17) is 0 Å². The van der Waals surface area contributed by atoms with Crippen LogP contribution in [0.4, 0.5) is 0 Å². The molecule has 1 aliphatic rings. The van der Waals surface area contributed by atoms with Crippen LogP contribution >= 0.6 is 0 Å². The molecule has 2 amide bonds. The normalized spacial score (nSPS) is 16.7. The molecule has 0 aliphatic carbocycles. The number of hydrogen-bond acceptors (Lipinski definition) is 4. The van der Waals surface area contributed by atoms with Crippen molar-refractivity contribution in [3.63, 3.8) is 0 Å². The predicted molar refractivity (Wildman–Crippen MR) is 97.1 cm³/mol. The molecule has 7 nitrogen and oxygen atoms in total. The van der Waals surface area contributed by atoms with Gasteiger partial charge in [0.05, 0.1) is 24.0 Å². The van der Waals surface area contributed by atoms with E-state index in [1.807, 2.05) is 36.9 Å². The molecule has 26 heavy (non-hydrogen) atoms. The summed E-state index contributed by atoms with van der Waals surface area (Å²) in [6.07, 6.45) is 3.66. The van der Waals surface area contributed by atoms with Crippen LogP contribution < -0.4 is 5.32 Å². The summed E-state index contributed by atoms with van der Waals surface area (Å²) in [5.41, 5.74) is 3.79. The van der Waals surface area contributed by atoms with Crippen LogP contribution in [-0.2, 0) is 22.7 Å². The van der Waals surface area contributed by atoms with Crippen molar-refractivity contribution in [1.29, 1.82) is 0 Å². The van der Waals surface area contributed by atoms with Crippen LogP contribution in [0.25, 0.3) is 0 Å². The number of carbonyl (C=O) groups is 2. The maximum Gasteiger partial charge on any atom is 0.244 e. The van der Waals surface area contributed by atoms with E-state index in [1.165, 1.54) is 6.92 Å². The molecule has 1 N–H and O–H groups in total. The molecule has 2 aromatic rings. The van der Waals surface area contributed by atoms with Crippen LogP contribution in [-0.4, -0.2) is 38.0 Å². The van der Waals surface area contributed by atoms with Crippen molar-refractivity contribution in [2.75, 3.05) is 6.54 Å². The van der Waals surface area contributed by atoms with E-state index in [0.717, 1.165) is 42.0 Å². The molecular weight excluding hydrogens is 330 g/mol. The Morgan fingerprint density at radius 1 is 1.31 bits per heavy atom. The second kappa shape index (κ2) is 7.68. The molecule has 7 heteroatoms. The molecule has 0 unspecified atom stereocenters. The number of likely N-dealkylation sites (tertiary alicyclic amines) is 1.